The molecule has 9 rings (SSSR count). The van der Waals surface area contributed by atoms with Crippen molar-refractivity contribution in [2.75, 3.05) is 15.3 Å². The number of para-hydroxylation sites is 9. The van der Waals surface area contributed by atoms with Crippen LogP contribution in [0.15, 0.2) is 159 Å². The van der Waals surface area contributed by atoms with E-state index >= 15 is 4.57 Å². The normalized spacial score (nSPS) is 11.7. The van der Waals surface area contributed by atoms with E-state index in [-0.39, 0.29) is 0 Å². The Bertz CT molecular complexity index is 2320. The summed E-state index contributed by atoms with van der Waals surface area (Å²) in [5, 5.41) is 9.92. The highest BCUT2D eigenvalue weighted by Gasteiger charge is 2.28. The highest BCUT2D eigenvalue weighted by Crippen LogP contribution is 2.50. The number of nitrogens with one attached hydrogen (secondary N) is 3. The second kappa shape index (κ2) is 12.1. The molecule has 0 bridgehead atoms. The van der Waals surface area contributed by atoms with E-state index in [2.05, 4.69) is 15.3 Å². The first-order valence-electron chi connectivity index (χ1n) is 15.9. The highest BCUT2D eigenvalue weighted by atomic mass is 31.2. The monoisotopic (exact) mass is 674 g/mol. The van der Waals surface area contributed by atoms with Crippen LogP contribution in [0.3, 0.4) is 0 Å². The molecule has 3 aromatic heterocycles. The van der Waals surface area contributed by atoms with Crippen LogP contribution in [0.4, 0.5) is 17.1 Å². The summed E-state index contributed by atoms with van der Waals surface area (Å²) in [6.07, 6.45) is 0. The van der Waals surface area contributed by atoms with Gasteiger partial charge in [-0.1, -0.05) is 72.8 Å². The van der Waals surface area contributed by atoms with Crippen molar-refractivity contribution in [1.82, 2.24) is 15.0 Å². The molecule has 242 valence electrons. The summed E-state index contributed by atoms with van der Waals surface area (Å²) in [5.74, 6) is 1.17. The van der Waals surface area contributed by atoms with Crippen LogP contribution in [0.1, 0.15) is 0 Å². The summed E-state index contributed by atoms with van der Waals surface area (Å²) < 4.78 is 33.9. The lowest BCUT2D eigenvalue weighted by Crippen LogP contribution is -2.15. The number of anilines is 3. The summed E-state index contributed by atoms with van der Waals surface area (Å²) in [6, 6.07) is 45.0. The van der Waals surface area contributed by atoms with E-state index in [0.717, 1.165) is 16.6 Å². The molecule has 6 aromatic carbocycles. The number of aromatic nitrogens is 3. The van der Waals surface area contributed by atoms with Gasteiger partial charge in [0.15, 0.2) is 16.7 Å². The standard InChI is InChI=1S/C39H27N6O4P/c46-50(43-28-16-4-1-13-25(28)37-40-31-19-7-10-22-34(31)47-37,44-29-17-5-2-14-26(29)38-41-32-20-8-11-23-35(32)48-38)45-30-18-6-3-15-27(30)39-42-33-21-9-12-24-36(33)49-39/h1-24H,(H3,43,44,45,46). The molecule has 0 saturated carbocycles. The molecule has 0 radical (unpaired) electrons. The van der Waals surface area contributed by atoms with Crippen LogP contribution >= 0.6 is 7.59 Å². The van der Waals surface area contributed by atoms with Crippen molar-refractivity contribution in [2.24, 2.45) is 0 Å². The first-order valence-corrected chi connectivity index (χ1v) is 17.6. The van der Waals surface area contributed by atoms with Gasteiger partial charge in [-0.05, 0) is 72.8 Å². The number of fused-ring (bicyclic) bond motifs is 3. The van der Waals surface area contributed by atoms with Gasteiger partial charge in [0.25, 0.3) is 0 Å². The van der Waals surface area contributed by atoms with Crippen molar-refractivity contribution in [3.8, 4) is 34.4 Å². The number of rotatable bonds is 9. The van der Waals surface area contributed by atoms with E-state index in [1.54, 1.807) is 0 Å². The third-order valence-corrected chi connectivity index (χ3v) is 9.86. The zero-order valence-electron chi connectivity index (χ0n) is 26.3. The van der Waals surface area contributed by atoms with Crippen molar-refractivity contribution in [2.45, 2.75) is 0 Å². The van der Waals surface area contributed by atoms with Crippen molar-refractivity contribution in [3.63, 3.8) is 0 Å². The lowest BCUT2D eigenvalue weighted by Gasteiger charge is -2.26. The summed E-state index contributed by atoms with van der Waals surface area (Å²) in [5.41, 5.74) is 7.58. The Hall–Kier alpha value is -6.64. The van der Waals surface area contributed by atoms with Gasteiger partial charge in [0, 0.05) is 0 Å². The lowest BCUT2D eigenvalue weighted by atomic mass is 10.2. The van der Waals surface area contributed by atoms with Crippen LogP contribution in [0.25, 0.3) is 67.7 Å². The Morgan fingerprint density at radius 2 is 0.660 bits per heavy atom. The molecule has 0 saturated heterocycles. The SMILES string of the molecule is O=P(Nc1ccccc1-c1nc2ccccc2o1)(Nc1ccccc1-c1nc2ccccc2o1)Nc1ccccc1-c1nc2ccccc2o1. The number of hydrogen-bond donors (Lipinski definition) is 3. The minimum absolute atomic E-state index is 0.389. The van der Waals surface area contributed by atoms with Gasteiger partial charge in [-0.2, -0.15) is 0 Å². The van der Waals surface area contributed by atoms with Gasteiger partial charge in [-0.25, -0.2) is 15.0 Å². The molecule has 3 N–H and O–H groups in total. The quantitative estimate of drug-likeness (QED) is 0.127. The lowest BCUT2D eigenvalue weighted by molar-refractivity contribution is 0.585. The van der Waals surface area contributed by atoms with Crippen LogP contribution in [-0.4, -0.2) is 15.0 Å². The van der Waals surface area contributed by atoms with Gasteiger partial charge < -0.3 is 28.5 Å². The molecule has 9 aromatic rings. The molecule has 3 heterocycles. The Morgan fingerprint density at radius 1 is 0.380 bits per heavy atom. The fourth-order valence-corrected chi connectivity index (χ4v) is 7.63. The zero-order chi connectivity index (χ0) is 33.5. The number of oxazole rings is 3. The highest BCUT2D eigenvalue weighted by molar-refractivity contribution is 7.68. The van der Waals surface area contributed by atoms with Crippen LogP contribution in [-0.2, 0) is 4.57 Å². The maximum absolute atomic E-state index is 15.5. The van der Waals surface area contributed by atoms with E-state index in [1.165, 1.54) is 0 Å². The molecule has 0 spiro atoms. The summed E-state index contributed by atoms with van der Waals surface area (Å²) in [7, 11) is -3.89. The predicted molar refractivity (Wildman–Crippen MR) is 197 cm³/mol. The maximum atomic E-state index is 15.5. The fraction of sp³-hybridized carbons (Fsp3) is 0. The van der Waals surface area contributed by atoms with Crippen LogP contribution in [0, 0.1) is 0 Å². The molecular weight excluding hydrogens is 647 g/mol. The van der Waals surface area contributed by atoms with Gasteiger partial charge >= 0.3 is 7.59 Å². The van der Waals surface area contributed by atoms with Gasteiger partial charge in [-0.3, -0.25) is 4.57 Å². The molecular formula is C39H27N6O4P. The van der Waals surface area contributed by atoms with E-state index in [9.17, 15) is 0 Å². The largest absolute Gasteiger partial charge is 0.436 e. The summed E-state index contributed by atoms with van der Waals surface area (Å²) in [4.78, 5) is 14.1. The summed E-state index contributed by atoms with van der Waals surface area (Å²) in [6.45, 7) is 0. The fourth-order valence-electron chi connectivity index (χ4n) is 5.86. The average molecular weight is 675 g/mol. The Balaban J connectivity index is 1.15. The minimum Gasteiger partial charge on any atom is -0.436 e. The molecule has 0 atom stereocenters. The Morgan fingerprint density at radius 3 is 0.980 bits per heavy atom. The van der Waals surface area contributed by atoms with Gasteiger partial charge in [0.2, 0.25) is 17.7 Å². The molecule has 0 fully saturated rings. The van der Waals surface area contributed by atoms with Gasteiger partial charge in [0.05, 0.1) is 33.8 Å². The smallest absolute Gasteiger partial charge is 0.352 e. The van der Waals surface area contributed by atoms with Crippen molar-refractivity contribution >= 4 is 58.0 Å². The Labute approximate surface area is 285 Å². The minimum atomic E-state index is -3.89. The molecule has 0 aliphatic heterocycles. The number of benzene rings is 6. The number of hydrogen-bond acceptors (Lipinski definition) is 7. The average Bonchev–Trinajstić information content (AvgIpc) is 3.89. The van der Waals surface area contributed by atoms with Crippen molar-refractivity contribution in [1.29, 1.82) is 0 Å². The van der Waals surface area contributed by atoms with Crippen LogP contribution in [0.5, 0.6) is 0 Å². The van der Waals surface area contributed by atoms with E-state index < -0.39 is 7.59 Å². The first-order chi connectivity index (χ1) is 24.6. The molecule has 0 unspecified atom stereocenters. The molecule has 0 aliphatic carbocycles. The maximum Gasteiger partial charge on any atom is 0.352 e. The molecule has 11 heteroatoms. The summed E-state index contributed by atoms with van der Waals surface area (Å²) >= 11 is 0. The molecule has 10 nitrogen and oxygen atoms in total. The number of nitrogens with zero attached hydrogens (tertiary/aromatic N) is 3. The Kier molecular flexibility index (Phi) is 7.14. The molecule has 0 amide bonds. The second-order valence-electron chi connectivity index (χ2n) is 11.5. The van der Waals surface area contributed by atoms with Crippen LogP contribution in [0.2, 0.25) is 0 Å². The van der Waals surface area contributed by atoms with Crippen molar-refractivity contribution in [3.05, 3.63) is 146 Å². The van der Waals surface area contributed by atoms with Crippen molar-refractivity contribution < 1.29 is 17.8 Å². The second-order valence-corrected chi connectivity index (χ2v) is 13.4. The van der Waals surface area contributed by atoms with E-state index in [1.807, 2.05) is 146 Å². The first kappa shape index (κ1) is 29.5. The molecule has 50 heavy (non-hydrogen) atoms. The van der Waals surface area contributed by atoms with E-state index in [0.29, 0.717) is 68.2 Å². The van der Waals surface area contributed by atoms with Crippen LogP contribution < -0.4 is 15.3 Å². The third kappa shape index (κ3) is 5.53. The zero-order valence-corrected chi connectivity index (χ0v) is 27.2. The predicted octanol–water partition coefficient (Wildman–Crippen LogP) is 10.9. The molecule has 0 aliphatic rings. The van der Waals surface area contributed by atoms with Gasteiger partial charge in [-0.15, -0.1) is 0 Å². The third-order valence-electron chi connectivity index (χ3n) is 8.19. The van der Waals surface area contributed by atoms with E-state index in [4.69, 9.17) is 28.2 Å². The van der Waals surface area contributed by atoms with Gasteiger partial charge in [0.1, 0.15) is 16.6 Å². The topological polar surface area (TPSA) is 131 Å².